The zero-order valence-electron chi connectivity index (χ0n) is 20.8. The lowest BCUT2D eigenvalue weighted by molar-refractivity contribution is -0.145. The van der Waals surface area contributed by atoms with Crippen LogP contribution in [0.3, 0.4) is 0 Å². The maximum atomic E-state index is 13.3. The van der Waals surface area contributed by atoms with E-state index in [9.17, 15) is 19.2 Å². The number of hydrogen-bond donors (Lipinski definition) is 0. The number of ketones is 1. The molecule has 0 spiro atoms. The fourth-order valence-electron chi connectivity index (χ4n) is 3.64. The highest BCUT2D eigenvalue weighted by molar-refractivity contribution is 6.42. The lowest BCUT2D eigenvalue weighted by Crippen LogP contribution is -2.38. The normalized spacial score (nSPS) is 10.5. The number of hydrogen-bond acceptors (Lipinski definition) is 4. The monoisotopic (exact) mass is 539 g/mol. The molecule has 0 N–H and O–H groups in total. The Morgan fingerprint density at radius 3 is 1.97 bits per heavy atom. The van der Waals surface area contributed by atoms with E-state index in [-0.39, 0.29) is 19.0 Å². The Bertz CT molecular complexity index is 1290. The Morgan fingerprint density at radius 2 is 1.38 bits per heavy atom. The van der Waals surface area contributed by atoms with Crippen LogP contribution in [0, 0.1) is 0 Å². The van der Waals surface area contributed by atoms with Gasteiger partial charge >= 0.3 is 0 Å². The van der Waals surface area contributed by atoms with Gasteiger partial charge in [0, 0.05) is 38.9 Å². The second-order valence-electron chi connectivity index (χ2n) is 8.72. The number of anilines is 1. The molecule has 0 radical (unpaired) electrons. The molecule has 0 saturated heterocycles. The first-order valence-electron chi connectivity index (χ1n) is 11.4. The number of rotatable bonds is 9. The molecule has 0 aliphatic rings. The van der Waals surface area contributed by atoms with Crippen molar-refractivity contribution in [3.63, 3.8) is 0 Å². The largest absolute Gasteiger partial charge is 0.345 e. The van der Waals surface area contributed by atoms with Crippen LogP contribution in [0.25, 0.3) is 0 Å². The molecule has 9 heteroatoms. The summed E-state index contributed by atoms with van der Waals surface area (Å²) in [5.41, 5.74) is 2.45. The third-order valence-corrected chi connectivity index (χ3v) is 6.36. The lowest BCUT2D eigenvalue weighted by atomic mass is 10.1. The molecule has 3 amide bonds. The Morgan fingerprint density at radius 1 is 0.730 bits per heavy atom. The summed E-state index contributed by atoms with van der Waals surface area (Å²) in [6.45, 7) is 0.325. The lowest BCUT2D eigenvalue weighted by Gasteiger charge is -2.24. The molecule has 0 aliphatic carbocycles. The number of Topliss-reactive ketones (excluding diaryl/α,β-unsaturated/α-hetero) is 1. The van der Waals surface area contributed by atoms with Crippen molar-refractivity contribution >= 4 is 52.4 Å². The Kier molecular flexibility index (Phi) is 9.44. The first-order valence-corrected chi connectivity index (χ1v) is 12.2. The van der Waals surface area contributed by atoms with E-state index in [1.807, 2.05) is 30.3 Å². The van der Waals surface area contributed by atoms with Crippen molar-refractivity contribution in [2.24, 2.45) is 0 Å². The van der Waals surface area contributed by atoms with Gasteiger partial charge in [-0.3, -0.25) is 19.2 Å². The van der Waals surface area contributed by atoms with Gasteiger partial charge in [0.15, 0.2) is 0 Å². The number of carbonyl (C=O) groups excluding carboxylic acids is 4. The second kappa shape index (κ2) is 12.5. The quantitative estimate of drug-likeness (QED) is 0.287. The maximum Gasteiger partial charge on any atom is 0.290 e. The molecule has 37 heavy (non-hydrogen) atoms. The summed E-state index contributed by atoms with van der Waals surface area (Å²) < 4.78 is 0. The standard InChI is InChI=1S/C28H27Cl2N3O4/c1-31(2)27(36)21-10-12-22(13-11-21)33(18-20-9-14-23(29)24(30)15-20)26(35)16-25(34)28(37)32(3)17-19-7-5-4-6-8-19/h4-15H,16-18H2,1-3H3. The van der Waals surface area contributed by atoms with Crippen LogP contribution < -0.4 is 4.90 Å². The zero-order chi connectivity index (χ0) is 27.1. The van der Waals surface area contributed by atoms with Crippen molar-refractivity contribution in [3.05, 3.63) is 99.5 Å². The number of halogens is 2. The molecule has 7 nitrogen and oxygen atoms in total. The van der Waals surface area contributed by atoms with Crippen molar-refractivity contribution in [2.75, 3.05) is 26.0 Å². The molecule has 0 aromatic heterocycles. The highest BCUT2D eigenvalue weighted by Gasteiger charge is 2.26. The fourth-order valence-corrected chi connectivity index (χ4v) is 3.96. The molecule has 192 valence electrons. The predicted molar refractivity (Wildman–Crippen MR) is 145 cm³/mol. The second-order valence-corrected chi connectivity index (χ2v) is 9.54. The average molecular weight is 540 g/mol. The van der Waals surface area contributed by atoms with Gasteiger partial charge < -0.3 is 14.7 Å². The average Bonchev–Trinajstić information content (AvgIpc) is 2.88. The molecular formula is C28H27Cl2N3O4. The van der Waals surface area contributed by atoms with Crippen LogP contribution in [0.15, 0.2) is 72.8 Å². The van der Waals surface area contributed by atoms with Crippen molar-refractivity contribution in [1.82, 2.24) is 9.80 Å². The van der Waals surface area contributed by atoms with E-state index in [1.165, 1.54) is 21.7 Å². The van der Waals surface area contributed by atoms with E-state index >= 15 is 0 Å². The summed E-state index contributed by atoms with van der Waals surface area (Å²) in [5.74, 6) is -2.32. The summed E-state index contributed by atoms with van der Waals surface area (Å²) in [5, 5.41) is 0.698. The summed E-state index contributed by atoms with van der Waals surface area (Å²) >= 11 is 12.2. The SMILES string of the molecule is CN(C)C(=O)c1ccc(N(Cc2ccc(Cl)c(Cl)c2)C(=O)CC(=O)C(=O)N(C)Cc2ccccc2)cc1. The van der Waals surface area contributed by atoms with Gasteiger partial charge in [0.1, 0.15) is 0 Å². The fraction of sp³-hybridized carbons (Fsp3) is 0.214. The van der Waals surface area contributed by atoms with Gasteiger partial charge in [0.2, 0.25) is 11.7 Å². The molecule has 0 saturated carbocycles. The number of benzene rings is 3. The van der Waals surface area contributed by atoms with E-state index < -0.39 is 24.0 Å². The summed E-state index contributed by atoms with van der Waals surface area (Å²) in [6, 6.07) is 20.7. The molecule has 3 aromatic carbocycles. The van der Waals surface area contributed by atoms with Crippen LogP contribution >= 0.6 is 23.2 Å². The number of likely N-dealkylation sites (N-methyl/N-ethyl adjacent to an activating group) is 1. The smallest absolute Gasteiger partial charge is 0.290 e. The molecule has 3 rings (SSSR count). The third-order valence-electron chi connectivity index (χ3n) is 5.62. The van der Waals surface area contributed by atoms with E-state index in [0.29, 0.717) is 26.9 Å². The molecule has 3 aromatic rings. The number of amides is 3. The predicted octanol–water partition coefficient (Wildman–Crippen LogP) is 4.85. The minimum Gasteiger partial charge on any atom is -0.345 e. The first-order chi connectivity index (χ1) is 17.6. The van der Waals surface area contributed by atoms with Crippen molar-refractivity contribution in [1.29, 1.82) is 0 Å². The van der Waals surface area contributed by atoms with Gasteiger partial charge in [-0.1, -0.05) is 59.6 Å². The first kappa shape index (κ1) is 27.9. The molecule has 0 bridgehead atoms. The highest BCUT2D eigenvalue weighted by Crippen LogP contribution is 2.26. The maximum absolute atomic E-state index is 13.3. The minimum absolute atomic E-state index is 0.0814. The topological polar surface area (TPSA) is 78.0 Å². The van der Waals surface area contributed by atoms with Crippen molar-refractivity contribution in [3.8, 4) is 0 Å². The molecule has 0 atom stereocenters. The van der Waals surface area contributed by atoms with Crippen LogP contribution in [-0.2, 0) is 27.5 Å². The van der Waals surface area contributed by atoms with E-state index in [1.54, 1.807) is 56.6 Å². The Labute approximate surface area is 226 Å². The van der Waals surface area contributed by atoms with Gasteiger partial charge in [0.25, 0.3) is 11.8 Å². The van der Waals surface area contributed by atoms with Gasteiger partial charge in [-0.15, -0.1) is 0 Å². The molecule has 0 heterocycles. The van der Waals surface area contributed by atoms with Crippen molar-refractivity contribution < 1.29 is 19.2 Å². The van der Waals surface area contributed by atoms with Crippen molar-refractivity contribution in [2.45, 2.75) is 19.5 Å². The summed E-state index contributed by atoms with van der Waals surface area (Å²) in [4.78, 5) is 55.2. The highest BCUT2D eigenvalue weighted by atomic mass is 35.5. The zero-order valence-corrected chi connectivity index (χ0v) is 22.3. The van der Waals surface area contributed by atoms with Crippen LogP contribution in [-0.4, -0.2) is 54.4 Å². The van der Waals surface area contributed by atoms with E-state index in [0.717, 1.165) is 5.56 Å². The van der Waals surface area contributed by atoms with Gasteiger partial charge in [-0.2, -0.15) is 0 Å². The Balaban J connectivity index is 1.81. The van der Waals surface area contributed by atoms with Crippen LogP contribution in [0.1, 0.15) is 27.9 Å². The third kappa shape index (κ3) is 7.41. The summed E-state index contributed by atoms with van der Waals surface area (Å²) in [7, 11) is 4.81. The molecule has 0 fully saturated rings. The van der Waals surface area contributed by atoms with Gasteiger partial charge in [-0.05, 0) is 47.5 Å². The summed E-state index contributed by atoms with van der Waals surface area (Å²) in [6.07, 6.45) is -0.613. The molecular weight excluding hydrogens is 513 g/mol. The van der Waals surface area contributed by atoms with Gasteiger partial charge in [0.05, 0.1) is 23.0 Å². The Hall–Kier alpha value is -3.68. The van der Waals surface area contributed by atoms with Crippen LogP contribution in [0.5, 0.6) is 0 Å². The molecule has 0 aliphatic heterocycles. The van der Waals surface area contributed by atoms with E-state index in [4.69, 9.17) is 23.2 Å². The van der Waals surface area contributed by atoms with Gasteiger partial charge in [-0.25, -0.2) is 0 Å². The minimum atomic E-state index is -0.818. The molecule has 0 unspecified atom stereocenters. The van der Waals surface area contributed by atoms with Crippen LogP contribution in [0.4, 0.5) is 5.69 Å². The van der Waals surface area contributed by atoms with E-state index in [2.05, 4.69) is 0 Å². The number of carbonyl (C=O) groups is 4. The number of nitrogens with zero attached hydrogens (tertiary/aromatic N) is 3. The van der Waals surface area contributed by atoms with Crippen LogP contribution in [0.2, 0.25) is 10.0 Å².